The van der Waals surface area contributed by atoms with Crippen molar-refractivity contribution in [2.24, 2.45) is 11.1 Å². The quantitative estimate of drug-likeness (QED) is 0.877. The third-order valence-electron chi connectivity index (χ3n) is 4.75. The van der Waals surface area contributed by atoms with Crippen molar-refractivity contribution in [2.75, 3.05) is 18.0 Å². The molecule has 1 fully saturated rings. The maximum atomic E-state index is 12.2. The molecule has 2 N–H and O–H groups in total. The fourth-order valence-electron chi connectivity index (χ4n) is 3.44. The molecule has 1 atom stereocenters. The molecule has 1 aliphatic rings. The van der Waals surface area contributed by atoms with Gasteiger partial charge in [0.1, 0.15) is 0 Å². The Balaban J connectivity index is 1.67. The van der Waals surface area contributed by atoms with E-state index in [1.807, 2.05) is 18.2 Å². The predicted octanol–water partition coefficient (Wildman–Crippen LogP) is 1.97. The van der Waals surface area contributed by atoms with Crippen LogP contribution in [-0.2, 0) is 11.2 Å². The standard InChI is InChI=1S/C18H23N5O/c19-16(24)18(8-3-7-15-6-1-2-10-20-15)9-4-13-23(14-18)17-21-11-5-12-22-17/h1-2,5-6,10-12H,3-4,7-9,13-14H2,(H2,19,24)/t18-/m0/s1. The fourth-order valence-corrected chi connectivity index (χ4v) is 3.44. The lowest BCUT2D eigenvalue weighted by Gasteiger charge is -2.40. The first-order chi connectivity index (χ1) is 11.7. The van der Waals surface area contributed by atoms with E-state index in [0.29, 0.717) is 12.5 Å². The third-order valence-corrected chi connectivity index (χ3v) is 4.75. The van der Waals surface area contributed by atoms with Crippen molar-refractivity contribution in [3.63, 3.8) is 0 Å². The lowest BCUT2D eigenvalue weighted by Crippen LogP contribution is -2.51. The Morgan fingerprint density at radius 1 is 1.17 bits per heavy atom. The monoisotopic (exact) mass is 325 g/mol. The molecule has 0 aliphatic carbocycles. The van der Waals surface area contributed by atoms with Gasteiger partial charge in [0.2, 0.25) is 11.9 Å². The first kappa shape index (κ1) is 16.4. The highest BCUT2D eigenvalue weighted by Crippen LogP contribution is 2.36. The molecule has 0 saturated carbocycles. The van der Waals surface area contributed by atoms with Crippen molar-refractivity contribution in [1.82, 2.24) is 15.0 Å². The van der Waals surface area contributed by atoms with Gasteiger partial charge in [0.25, 0.3) is 0 Å². The molecular formula is C18H23N5O. The Kier molecular flexibility index (Phi) is 5.03. The zero-order valence-corrected chi connectivity index (χ0v) is 13.8. The molecule has 126 valence electrons. The number of carbonyl (C=O) groups is 1. The number of hydrogen-bond donors (Lipinski definition) is 1. The third kappa shape index (κ3) is 3.69. The van der Waals surface area contributed by atoms with E-state index < -0.39 is 5.41 Å². The number of pyridine rings is 1. The van der Waals surface area contributed by atoms with Crippen molar-refractivity contribution >= 4 is 11.9 Å². The summed E-state index contributed by atoms with van der Waals surface area (Å²) in [7, 11) is 0. The molecular weight excluding hydrogens is 302 g/mol. The number of amides is 1. The Hall–Kier alpha value is -2.50. The minimum atomic E-state index is -0.508. The summed E-state index contributed by atoms with van der Waals surface area (Å²) in [6.45, 7) is 1.45. The SMILES string of the molecule is NC(=O)[C@@]1(CCCc2ccccn2)CCCN(c2ncccn2)C1. The summed E-state index contributed by atoms with van der Waals surface area (Å²) in [6, 6.07) is 7.71. The summed E-state index contributed by atoms with van der Waals surface area (Å²) in [4.78, 5) is 27.3. The molecule has 6 nitrogen and oxygen atoms in total. The molecule has 2 aromatic heterocycles. The number of nitrogens with two attached hydrogens (primary N) is 1. The van der Waals surface area contributed by atoms with E-state index in [0.717, 1.165) is 44.3 Å². The smallest absolute Gasteiger partial charge is 0.225 e. The first-order valence-electron chi connectivity index (χ1n) is 8.41. The summed E-state index contributed by atoms with van der Waals surface area (Å²) >= 11 is 0. The minimum Gasteiger partial charge on any atom is -0.369 e. The number of aryl methyl sites for hydroxylation is 1. The van der Waals surface area contributed by atoms with E-state index in [9.17, 15) is 4.79 Å². The van der Waals surface area contributed by atoms with Crippen LogP contribution < -0.4 is 10.6 Å². The van der Waals surface area contributed by atoms with Gasteiger partial charge in [-0.05, 0) is 50.3 Å². The van der Waals surface area contributed by atoms with Gasteiger partial charge in [-0.3, -0.25) is 9.78 Å². The minimum absolute atomic E-state index is 0.218. The summed E-state index contributed by atoms with van der Waals surface area (Å²) < 4.78 is 0. The topological polar surface area (TPSA) is 85.0 Å². The van der Waals surface area contributed by atoms with Crippen LogP contribution in [0, 0.1) is 5.41 Å². The van der Waals surface area contributed by atoms with Gasteiger partial charge in [-0.2, -0.15) is 0 Å². The summed E-state index contributed by atoms with van der Waals surface area (Å²) in [5.74, 6) is 0.455. The number of carbonyl (C=O) groups excluding carboxylic acids is 1. The van der Waals surface area contributed by atoms with Gasteiger partial charge in [-0.15, -0.1) is 0 Å². The lowest BCUT2D eigenvalue weighted by molar-refractivity contribution is -0.128. The maximum absolute atomic E-state index is 12.2. The van der Waals surface area contributed by atoms with E-state index in [1.165, 1.54) is 0 Å². The average molecular weight is 325 g/mol. The second kappa shape index (κ2) is 7.38. The Morgan fingerprint density at radius 3 is 2.67 bits per heavy atom. The summed E-state index contributed by atoms with van der Waals surface area (Å²) in [6.07, 6.45) is 9.52. The van der Waals surface area contributed by atoms with Crippen molar-refractivity contribution in [2.45, 2.75) is 32.1 Å². The summed E-state index contributed by atoms with van der Waals surface area (Å²) in [5, 5.41) is 0. The lowest BCUT2D eigenvalue weighted by atomic mass is 9.75. The molecule has 0 aromatic carbocycles. The van der Waals surface area contributed by atoms with Crippen molar-refractivity contribution in [3.05, 3.63) is 48.5 Å². The molecule has 1 aliphatic heterocycles. The molecule has 1 saturated heterocycles. The Labute approximate surface area is 142 Å². The van der Waals surface area contributed by atoms with Gasteiger partial charge in [0.05, 0.1) is 5.41 Å². The Morgan fingerprint density at radius 2 is 1.96 bits per heavy atom. The van der Waals surface area contributed by atoms with Gasteiger partial charge in [-0.1, -0.05) is 6.07 Å². The first-order valence-corrected chi connectivity index (χ1v) is 8.41. The van der Waals surface area contributed by atoms with Gasteiger partial charge in [0.15, 0.2) is 0 Å². The van der Waals surface area contributed by atoms with Crippen molar-refractivity contribution < 1.29 is 4.79 Å². The highest BCUT2D eigenvalue weighted by atomic mass is 16.1. The number of nitrogens with zero attached hydrogens (tertiary/aromatic N) is 4. The van der Waals surface area contributed by atoms with E-state index in [-0.39, 0.29) is 5.91 Å². The van der Waals surface area contributed by atoms with E-state index >= 15 is 0 Å². The summed E-state index contributed by atoms with van der Waals surface area (Å²) in [5.41, 5.74) is 6.34. The average Bonchev–Trinajstić information content (AvgIpc) is 2.63. The molecule has 3 heterocycles. The van der Waals surface area contributed by atoms with E-state index in [4.69, 9.17) is 5.73 Å². The number of hydrogen-bond acceptors (Lipinski definition) is 5. The van der Waals surface area contributed by atoms with Crippen molar-refractivity contribution in [1.29, 1.82) is 0 Å². The number of aromatic nitrogens is 3. The largest absolute Gasteiger partial charge is 0.369 e. The Bertz CT molecular complexity index is 664. The predicted molar refractivity (Wildman–Crippen MR) is 92.3 cm³/mol. The molecule has 24 heavy (non-hydrogen) atoms. The van der Waals surface area contributed by atoms with Crippen molar-refractivity contribution in [3.8, 4) is 0 Å². The molecule has 2 aromatic rings. The van der Waals surface area contributed by atoms with Gasteiger partial charge < -0.3 is 10.6 Å². The van der Waals surface area contributed by atoms with E-state index in [2.05, 4.69) is 19.9 Å². The van der Waals surface area contributed by atoms with Crippen LogP contribution in [-0.4, -0.2) is 33.9 Å². The zero-order chi connectivity index (χ0) is 16.8. The fraction of sp³-hybridized carbons (Fsp3) is 0.444. The molecule has 0 spiro atoms. The number of rotatable bonds is 6. The molecule has 0 unspecified atom stereocenters. The van der Waals surface area contributed by atoms with Crippen LogP contribution >= 0.6 is 0 Å². The van der Waals surface area contributed by atoms with Gasteiger partial charge in [0, 0.05) is 37.4 Å². The highest BCUT2D eigenvalue weighted by molar-refractivity contribution is 5.81. The number of primary amides is 1. The van der Waals surface area contributed by atoms with Crippen LogP contribution in [0.15, 0.2) is 42.9 Å². The highest BCUT2D eigenvalue weighted by Gasteiger charge is 2.40. The zero-order valence-electron chi connectivity index (χ0n) is 13.8. The van der Waals surface area contributed by atoms with Crippen LogP contribution in [0.5, 0.6) is 0 Å². The molecule has 3 rings (SSSR count). The molecule has 6 heteroatoms. The molecule has 0 bridgehead atoms. The van der Waals surface area contributed by atoms with Crippen LogP contribution in [0.2, 0.25) is 0 Å². The maximum Gasteiger partial charge on any atom is 0.225 e. The normalized spacial score (nSPS) is 20.8. The van der Waals surface area contributed by atoms with Gasteiger partial charge in [-0.25, -0.2) is 9.97 Å². The van der Waals surface area contributed by atoms with Crippen LogP contribution in [0.4, 0.5) is 5.95 Å². The van der Waals surface area contributed by atoms with E-state index in [1.54, 1.807) is 24.7 Å². The molecule has 0 radical (unpaired) electrons. The molecule has 1 amide bonds. The second-order valence-electron chi connectivity index (χ2n) is 6.39. The van der Waals surface area contributed by atoms with Crippen LogP contribution in [0.25, 0.3) is 0 Å². The second-order valence-corrected chi connectivity index (χ2v) is 6.39. The number of anilines is 1. The number of piperidine rings is 1. The van der Waals surface area contributed by atoms with Gasteiger partial charge >= 0.3 is 0 Å². The van der Waals surface area contributed by atoms with Crippen LogP contribution in [0.3, 0.4) is 0 Å². The van der Waals surface area contributed by atoms with Crippen LogP contribution in [0.1, 0.15) is 31.4 Å².